The first-order chi connectivity index (χ1) is 11.3. The lowest BCUT2D eigenvalue weighted by atomic mass is 10.0. The topological polar surface area (TPSA) is 47.6 Å². The fourth-order valence-electron chi connectivity index (χ4n) is 2.62. The van der Waals surface area contributed by atoms with Crippen LogP contribution >= 0.6 is 11.6 Å². The number of hydrogen-bond acceptors (Lipinski definition) is 3. The van der Waals surface area contributed by atoms with Gasteiger partial charge in [0.15, 0.2) is 18.1 Å². The molecule has 0 radical (unpaired) electrons. The minimum absolute atomic E-state index is 0.0507. The zero-order chi connectivity index (χ0) is 17.3. The van der Waals surface area contributed by atoms with Gasteiger partial charge >= 0.3 is 0 Å². The molecule has 0 unspecified atom stereocenters. The molecule has 0 atom stereocenters. The second-order valence-electron chi connectivity index (χ2n) is 6.25. The van der Waals surface area contributed by atoms with E-state index in [0.717, 1.165) is 12.0 Å². The Morgan fingerprint density at radius 1 is 1.38 bits per heavy atom. The molecule has 2 aromatic rings. The molecule has 126 valence electrons. The molecule has 1 N–H and O–H groups in total. The van der Waals surface area contributed by atoms with E-state index >= 15 is 0 Å². The van der Waals surface area contributed by atoms with Crippen molar-refractivity contribution in [2.45, 2.75) is 25.9 Å². The summed E-state index contributed by atoms with van der Waals surface area (Å²) in [6.45, 7) is 3.82. The molecule has 0 aliphatic carbocycles. The Morgan fingerprint density at radius 2 is 2.17 bits per heavy atom. The molecule has 1 amide bonds. The van der Waals surface area contributed by atoms with Crippen molar-refractivity contribution in [3.05, 3.63) is 52.8 Å². The Kier molecular flexibility index (Phi) is 4.37. The fraction of sp³-hybridized carbons (Fsp3) is 0.278. The Hall–Kier alpha value is -2.27. The number of rotatable bonds is 4. The van der Waals surface area contributed by atoms with Gasteiger partial charge in [0.1, 0.15) is 11.4 Å². The van der Waals surface area contributed by atoms with E-state index in [0.29, 0.717) is 17.2 Å². The van der Waals surface area contributed by atoms with Crippen molar-refractivity contribution in [2.75, 3.05) is 11.9 Å². The van der Waals surface area contributed by atoms with Gasteiger partial charge in [-0.15, -0.1) is 0 Å². The van der Waals surface area contributed by atoms with Gasteiger partial charge in [-0.1, -0.05) is 23.7 Å². The van der Waals surface area contributed by atoms with Crippen LogP contribution in [0.25, 0.3) is 0 Å². The molecule has 0 bridgehead atoms. The summed E-state index contributed by atoms with van der Waals surface area (Å²) in [5, 5.41) is 2.56. The van der Waals surface area contributed by atoms with E-state index in [1.54, 1.807) is 6.07 Å². The number of para-hydroxylation sites is 1. The van der Waals surface area contributed by atoms with E-state index in [1.807, 2.05) is 26.0 Å². The number of fused-ring (bicyclic) bond motifs is 1. The van der Waals surface area contributed by atoms with Crippen LogP contribution in [-0.4, -0.2) is 18.1 Å². The van der Waals surface area contributed by atoms with E-state index < -0.39 is 5.82 Å². The Morgan fingerprint density at radius 3 is 2.92 bits per heavy atom. The predicted octanol–water partition coefficient (Wildman–Crippen LogP) is 4.21. The number of carbonyl (C=O) groups excluding carboxylic acids is 1. The van der Waals surface area contributed by atoms with Gasteiger partial charge in [-0.2, -0.15) is 0 Å². The summed E-state index contributed by atoms with van der Waals surface area (Å²) < 4.78 is 24.6. The predicted molar refractivity (Wildman–Crippen MR) is 90.4 cm³/mol. The third-order valence-electron chi connectivity index (χ3n) is 3.62. The largest absolute Gasteiger partial charge is 0.483 e. The van der Waals surface area contributed by atoms with Crippen molar-refractivity contribution in [3.8, 4) is 11.5 Å². The number of nitrogens with one attached hydrogen (secondary N) is 1. The highest BCUT2D eigenvalue weighted by Gasteiger charge is 2.32. The molecule has 0 spiro atoms. The molecule has 0 saturated carbocycles. The molecule has 1 heterocycles. The van der Waals surface area contributed by atoms with Crippen LogP contribution in [0.3, 0.4) is 0 Å². The molecule has 0 aromatic heterocycles. The van der Waals surface area contributed by atoms with Crippen molar-refractivity contribution in [3.63, 3.8) is 0 Å². The average Bonchev–Trinajstić information content (AvgIpc) is 2.83. The highest BCUT2D eigenvalue weighted by atomic mass is 35.5. The molecule has 24 heavy (non-hydrogen) atoms. The lowest BCUT2D eigenvalue weighted by Gasteiger charge is -2.18. The molecular weight excluding hydrogens is 333 g/mol. The molecule has 4 nitrogen and oxygen atoms in total. The summed E-state index contributed by atoms with van der Waals surface area (Å²) in [4.78, 5) is 12.0. The molecule has 3 rings (SSSR count). The highest BCUT2D eigenvalue weighted by molar-refractivity contribution is 6.31. The van der Waals surface area contributed by atoms with Crippen molar-refractivity contribution in [1.82, 2.24) is 0 Å². The second kappa shape index (κ2) is 6.32. The minimum atomic E-state index is -0.537. The third kappa shape index (κ3) is 3.62. The second-order valence-corrected chi connectivity index (χ2v) is 6.66. The quantitative estimate of drug-likeness (QED) is 0.899. The third-order valence-corrected chi connectivity index (χ3v) is 3.91. The van der Waals surface area contributed by atoms with Crippen LogP contribution in [0.15, 0.2) is 36.4 Å². The first-order valence-corrected chi connectivity index (χ1v) is 7.90. The summed E-state index contributed by atoms with van der Waals surface area (Å²) in [5.74, 6) is 0.309. The van der Waals surface area contributed by atoms with Crippen LogP contribution in [0.4, 0.5) is 10.1 Å². The number of ether oxygens (including phenoxy) is 2. The van der Waals surface area contributed by atoms with Gasteiger partial charge in [0.25, 0.3) is 5.91 Å². The normalized spacial score (nSPS) is 14.7. The van der Waals surface area contributed by atoms with Gasteiger partial charge in [0, 0.05) is 17.7 Å². The van der Waals surface area contributed by atoms with Crippen LogP contribution < -0.4 is 14.8 Å². The van der Waals surface area contributed by atoms with E-state index in [-0.39, 0.29) is 23.1 Å². The summed E-state index contributed by atoms with van der Waals surface area (Å²) in [6.07, 6.45) is 0.791. The number of hydrogen-bond donors (Lipinski definition) is 1. The molecule has 1 aliphatic heterocycles. The molecular formula is C18H17ClFNO3. The Bertz CT molecular complexity index is 792. The SMILES string of the molecule is CC1(C)Cc2cccc(OCC(=O)Nc3ccc(F)c(Cl)c3)c2O1. The zero-order valence-electron chi connectivity index (χ0n) is 13.4. The fourth-order valence-corrected chi connectivity index (χ4v) is 2.80. The average molecular weight is 350 g/mol. The maximum Gasteiger partial charge on any atom is 0.262 e. The van der Waals surface area contributed by atoms with Gasteiger partial charge in [-0.05, 0) is 38.1 Å². The first-order valence-electron chi connectivity index (χ1n) is 7.53. The van der Waals surface area contributed by atoms with Crippen molar-refractivity contribution < 1.29 is 18.7 Å². The molecule has 0 fully saturated rings. The van der Waals surface area contributed by atoms with Gasteiger partial charge in [-0.3, -0.25) is 4.79 Å². The Labute approximate surface area is 144 Å². The lowest BCUT2D eigenvalue weighted by Crippen LogP contribution is -2.25. The highest BCUT2D eigenvalue weighted by Crippen LogP contribution is 2.41. The van der Waals surface area contributed by atoms with Crippen LogP contribution in [0.1, 0.15) is 19.4 Å². The van der Waals surface area contributed by atoms with Gasteiger partial charge in [0.2, 0.25) is 0 Å². The van der Waals surface area contributed by atoms with Gasteiger partial charge in [-0.25, -0.2) is 4.39 Å². The molecule has 1 aliphatic rings. The van der Waals surface area contributed by atoms with Crippen molar-refractivity contribution in [1.29, 1.82) is 0 Å². The van der Waals surface area contributed by atoms with Gasteiger partial charge in [0.05, 0.1) is 5.02 Å². The van der Waals surface area contributed by atoms with E-state index in [2.05, 4.69) is 5.32 Å². The molecule has 6 heteroatoms. The minimum Gasteiger partial charge on any atom is -0.483 e. The number of amides is 1. The van der Waals surface area contributed by atoms with Crippen molar-refractivity contribution >= 4 is 23.2 Å². The lowest BCUT2D eigenvalue weighted by molar-refractivity contribution is -0.118. The number of carbonyl (C=O) groups is 1. The van der Waals surface area contributed by atoms with E-state index in [4.69, 9.17) is 21.1 Å². The van der Waals surface area contributed by atoms with E-state index in [1.165, 1.54) is 18.2 Å². The standard InChI is InChI=1S/C18H17ClFNO3/c1-18(2)9-11-4-3-5-15(17(11)24-18)23-10-16(22)21-12-6-7-14(20)13(19)8-12/h3-8H,9-10H2,1-2H3,(H,21,22). The van der Waals surface area contributed by atoms with Crippen LogP contribution in [-0.2, 0) is 11.2 Å². The summed E-state index contributed by atoms with van der Waals surface area (Å²) >= 11 is 5.69. The number of benzene rings is 2. The Balaban J connectivity index is 1.63. The van der Waals surface area contributed by atoms with Crippen molar-refractivity contribution in [2.24, 2.45) is 0 Å². The zero-order valence-corrected chi connectivity index (χ0v) is 14.1. The summed E-state index contributed by atoms with van der Waals surface area (Å²) in [5.41, 5.74) is 1.18. The summed E-state index contributed by atoms with van der Waals surface area (Å²) in [6, 6.07) is 9.60. The van der Waals surface area contributed by atoms with Crippen LogP contribution in [0.2, 0.25) is 5.02 Å². The maximum absolute atomic E-state index is 13.1. The number of halogens is 2. The van der Waals surface area contributed by atoms with E-state index in [9.17, 15) is 9.18 Å². The first kappa shape index (κ1) is 16.6. The maximum atomic E-state index is 13.1. The van der Waals surface area contributed by atoms with Crippen LogP contribution in [0.5, 0.6) is 11.5 Å². The summed E-state index contributed by atoms with van der Waals surface area (Å²) in [7, 11) is 0. The number of anilines is 1. The molecule has 2 aromatic carbocycles. The monoisotopic (exact) mass is 349 g/mol. The van der Waals surface area contributed by atoms with Crippen LogP contribution in [0, 0.1) is 5.82 Å². The van der Waals surface area contributed by atoms with Gasteiger partial charge < -0.3 is 14.8 Å². The smallest absolute Gasteiger partial charge is 0.262 e. The molecule has 0 saturated heterocycles.